The van der Waals surface area contributed by atoms with Gasteiger partial charge < -0.3 is 30.2 Å². The van der Waals surface area contributed by atoms with E-state index >= 15 is 0 Å². The molecule has 0 amide bonds. The van der Waals surface area contributed by atoms with E-state index in [1.54, 1.807) is 14.2 Å². The standard InChI is InChI=1S/C19H32N4O3.HI/c1-20-19(22-9-3-11-26-18-8-12-25-15-18)23-14-16-4-6-17(7-5-16)21-10-13-24-2;/h4-7,18,21H,3,8-15H2,1-2H3,(H2,20,22,23);1H. The van der Waals surface area contributed by atoms with Crippen LogP contribution in [0.25, 0.3) is 0 Å². The van der Waals surface area contributed by atoms with Crippen molar-refractivity contribution in [1.82, 2.24) is 10.6 Å². The Kier molecular flexibility index (Phi) is 13.2. The van der Waals surface area contributed by atoms with Crippen LogP contribution in [0.5, 0.6) is 0 Å². The van der Waals surface area contributed by atoms with E-state index in [-0.39, 0.29) is 30.1 Å². The van der Waals surface area contributed by atoms with Gasteiger partial charge in [0.15, 0.2) is 5.96 Å². The molecule has 154 valence electrons. The molecule has 8 heteroatoms. The topological polar surface area (TPSA) is 76.1 Å². The van der Waals surface area contributed by atoms with Gasteiger partial charge in [0, 0.05) is 52.7 Å². The minimum atomic E-state index is 0. The summed E-state index contributed by atoms with van der Waals surface area (Å²) in [6.45, 7) is 5.37. The molecule has 1 fully saturated rings. The van der Waals surface area contributed by atoms with Gasteiger partial charge in [0.05, 0.1) is 19.3 Å². The smallest absolute Gasteiger partial charge is 0.191 e. The number of rotatable bonds is 11. The van der Waals surface area contributed by atoms with Gasteiger partial charge in [-0.15, -0.1) is 24.0 Å². The maximum absolute atomic E-state index is 5.75. The molecule has 0 aliphatic carbocycles. The third kappa shape index (κ3) is 10.1. The fourth-order valence-corrected chi connectivity index (χ4v) is 2.62. The lowest BCUT2D eigenvalue weighted by molar-refractivity contribution is 0.0420. The van der Waals surface area contributed by atoms with Crippen molar-refractivity contribution in [2.45, 2.75) is 25.5 Å². The van der Waals surface area contributed by atoms with Gasteiger partial charge in [0.1, 0.15) is 0 Å². The molecule has 0 spiro atoms. The lowest BCUT2D eigenvalue weighted by Gasteiger charge is -2.13. The van der Waals surface area contributed by atoms with Crippen molar-refractivity contribution >= 4 is 35.6 Å². The lowest BCUT2D eigenvalue weighted by atomic mass is 10.2. The summed E-state index contributed by atoms with van der Waals surface area (Å²) in [4.78, 5) is 4.25. The number of methoxy groups -OCH3 is 1. The Hall–Kier alpha value is -1.10. The predicted octanol–water partition coefficient (Wildman–Crippen LogP) is 2.22. The highest BCUT2D eigenvalue weighted by atomic mass is 127. The molecule has 0 bridgehead atoms. The molecule has 1 heterocycles. The molecule has 27 heavy (non-hydrogen) atoms. The number of aliphatic imine (C=N–C) groups is 1. The van der Waals surface area contributed by atoms with Crippen molar-refractivity contribution in [3.63, 3.8) is 0 Å². The quantitative estimate of drug-likeness (QED) is 0.191. The molecular weight excluding hydrogens is 459 g/mol. The first-order chi connectivity index (χ1) is 12.8. The molecule has 0 aromatic heterocycles. The van der Waals surface area contributed by atoms with Crippen LogP contribution in [0.3, 0.4) is 0 Å². The normalized spacial score (nSPS) is 16.7. The van der Waals surface area contributed by atoms with Crippen LogP contribution in [0.2, 0.25) is 0 Å². The van der Waals surface area contributed by atoms with E-state index in [1.807, 2.05) is 0 Å². The first kappa shape index (κ1) is 23.9. The summed E-state index contributed by atoms with van der Waals surface area (Å²) in [5.74, 6) is 0.802. The number of nitrogens with one attached hydrogen (secondary N) is 3. The van der Waals surface area contributed by atoms with Crippen molar-refractivity contribution in [3.8, 4) is 0 Å². The molecule has 3 N–H and O–H groups in total. The first-order valence-corrected chi connectivity index (χ1v) is 9.27. The van der Waals surface area contributed by atoms with Gasteiger partial charge in [-0.05, 0) is 30.5 Å². The van der Waals surface area contributed by atoms with E-state index in [1.165, 1.54) is 5.56 Å². The number of halogens is 1. The number of ether oxygens (including phenoxy) is 3. The van der Waals surface area contributed by atoms with Gasteiger partial charge in [-0.1, -0.05) is 12.1 Å². The zero-order valence-corrected chi connectivity index (χ0v) is 18.7. The highest BCUT2D eigenvalue weighted by Gasteiger charge is 2.15. The minimum absolute atomic E-state index is 0. The fraction of sp³-hybridized carbons (Fsp3) is 0.632. The van der Waals surface area contributed by atoms with E-state index in [9.17, 15) is 0 Å². The van der Waals surface area contributed by atoms with Crippen molar-refractivity contribution in [2.24, 2.45) is 4.99 Å². The van der Waals surface area contributed by atoms with Crippen LogP contribution in [0.15, 0.2) is 29.3 Å². The molecule has 0 saturated carbocycles. The highest BCUT2D eigenvalue weighted by molar-refractivity contribution is 14.0. The zero-order valence-electron chi connectivity index (χ0n) is 16.3. The molecular formula is C19H33IN4O3. The molecule has 1 aromatic carbocycles. The van der Waals surface area contributed by atoms with E-state index in [0.29, 0.717) is 6.61 Å². The summed E-state index contributed by atoms with van der Waals surface area (Å²) in [5.41, 5.74) is 2.30. The second-order valence-electron chi connectivity index (χ2n) is 6.18. The highest BCUT2D eigenvalue weighted by Crippen LogP contribution is 2.09. The Morgan fingerprint density at radius 3 is 2.67 bits per heavy atom. The average Bonchev–Trinajstić information content (AvgIpc) is 3.19. The third-order valence-corrected chi connectivity index (χ3v) is 4.13. The van der Waals surface area contributed by atoms with Crippen LogP contribution in [-0.4, -0.2) is 65.7 Å². The maximum atomic E-state index is 5.75. The lowest BCUT2D eigenvalue weighted by Crippen LogP contribution is -2.37. The summed E-state index contributed by atoms with van der Waals surface area (Å²) >= 11 is 0. The van der Waals surface area contributed by atoms with Crippen molar-refractivity contribution in [1.29, 1.82) is 0 Å². The van der Waals surface area contributed by atoms with Crippen LogP contribution < -0.4 is 16.0 Å². The molecule has 0 radical (unpaired) electrons. The average molecular weight is 492 g/mol. The fourth-order valence-electron chi connectivity index (χ4n) is 2.62. The van der Waals surface area contributed by atoms with Gasteiger partial charge in [-0.2, -0.15) is 0 Å². The second-order valence-corrected chi connectivity index (χ2v) is 6.18. The molecule has 1 aliphatic rings. The van der Waals surface area contributed by atoms with Crippen LogP contribution in [0.4, 0.5) is 5.69 Å². The Morgan fingerprint density at radius 1 is 1.19 bits per heavy atom. The largest absolute Gasteiger partial charge is 0.383 e. The monoisotopic (exact) mass is 492 g/mol. The number of hydrogen-bond donors (Lipinski definition) is 3. The van der Waals surface area contributed by atoms with Gasteiger partial charge in [-0.3, -0.25) is 4.99 Å². The SMILES string of the molecule is CN=C(NCCCOC1CCOC1)NCc1ccc(NCCOC)cc1.I. The zero-order chi connectivity index (χ0) is 18.5. The van der Waals surface area contributed by atoms with Gasteiger partial charge in [0.2, 0.25) is 0 Å². The predicted molar refractivity (Wildman–Crippen MR) is 120 cm³/mol. The van der Waals surface area contributed by atoms with E-state index in [4.69, 9.17) is 14.2 Å². The summed E-state index contributed by atoms with van der Waals surface area (Å²) in [7, 11) is 3.49. The van der Waals surface area contributed by atoms with Crippen molar-refractivity contribution in [3.05, 3.63) is 29.8 Å². The van der Waals surface area contributed by atoms with E-state index < -0.39 is 0 Å². The number of benzene rings is 1. The van der Waals surface area contributed by atoms with Gasteiger partial charge in [0.25, 0.3) is 0 Å². The summed E-state index contributed by atoms with van der Waals surface area (Å²) in [5, 5.41) is 9.95. The molecule has 1 aromatic rings. The molecule has 1 unspecified atom stereocenters. The molecule has 1 aliphatic heterocycles. The minimum Gasteiger partial charge on any atom is -0.383 e. The van der Waals surface area contributed by atoms with Crippen molar-refractivity contribution < 1.29 is 14.2 Å². The Labute approximate surface area is 179 Å². The molecule has 1 saturated heterocycles. The second kappa shape index (κ2) is 14.9. The number of nitrogens with zero attached hydrogens (tertiary/aromatic N) is 1. The maximum Gasteiger partial charge on any atom is 0.191 e. The number of guanidine groups is 1. The Balaban J connectivity index is 0.00000364. The Morgan fingerprint density at radius 2 is 2.00 bits per heavy atom. The summed E-state index contributed by atoms with van der Waals surface area (Å²) in [6, 6.07) is 8.36. The molecule has 7 nitrogen and oxygen atoms in total. The van der Waals surface area contributed by atoms with E-state index in [0.717, 1.165) is 63.9 Å². The molecule has 1 atom stereocenters. The van der Waals surface area contributed by atoms with Crippen LogP contribution >= 0.6 is 24.0 Å². The number of hydrogen-bond acceptors (Lipinski definition) is 5. The van der Waals surface area contributed by atoms with E-state index in [2.05, 4.69) is 45.2 Å². The summed E-state index contributed by atoms with van der Waals surface area (Å²) < 4.78 is 16.1. The van der Waals surface area contributed by atoms with Gasteiger partial charge in [-0.25, -0.2) is 0 Å². The van der Waals surface area contributed by atoms with Crippen LogP contribution in [-0.2, 0) is 20.8 Å². The van der Waals surface area contributed by atoms with Crippen LogP contribution in [0.1, 0.15) is 18.4 Å². The van der Waals surface area contributed by atoms with Crippen LogP contribution in [0, 0.1) is 0 Å². The first-order valence-electron chi connectivity index (χ1n) is 9.27. The van der Waals surface area contributed by atoms with Gasteiger partial charge >= 0.3 is 0 Å². The summed E-state index contributed by atoms with van der Waals surface area (Å²) in [6.07, 6.45) is 2.23. The third-order valence-electron chi connectivity index (χ3n) is 4.13. The number of anilines is 1. The Bertz CT molecular complexity index is 522. The van der Waals surface area contributed by atoms with Crippen molar-refractivity contribution in [2.75, 3.05) is 59.0 Å². The molecule has 2 rings (SSSR count).